The highest BCUT2D eigenvalue weighted by Crippen LogP contribution is 2.31. The zero-order chi connectivity index (χ0) is 14.3. The Labute approximate surface area is 124 Å². The Kier molecular flexibility index (Phi) is 3.39. The molecule has 0 spiro atoms. The van der Waals surface area contributed by atoms with Crippen LogP contribution >= 0.6 is 11.6 Å². The largest absolute Gasteiger partial charge is 0.294 e. The first-order valence-electron chi connectivity index (χ1n) is 6.94. The molecule has 0 saturated heterocycles. The van der Waals surface area contributed by atoms with Crippen LogP contribution in [0.4, 0.5) is 0 Å². The van der Waals surface area contributed by atoms with Crippen LogP contribution in [0.3, 0.4) is 0 Å². The van der Waals surface area contributed by atoms with E-state index >= 15 is 0 Å². The SMILES string of the molecule is Cc1cc(Cl)c(C(=O)C2Cc3ccccc3C2)cc1C. The summed E-state index contributed by atoms with van der Waals surface area (Å²) in [5.74, 6) is 0.210. The predicted molar refractivity (Wildman–Crippen MR) is 82.6 cm³/mol. The van der Waals surface area contributed by atoms with Crippen molar-refractivity contribution in [2.24, 2.45) is 5.92 Å². The summed E-state index contributed by atoms with van der Waals surface area (Å²) in [6.45, 7) is 4.03. The van der Waals surface area contributed by atoms with Crippen molar-refractivity contribution in [3.05, 3.63) is 69.2 Å². The Morgan fingerprint density at radius 3 is 2.20 bits per heavy atom. The maximum Gasteiger partial charge on any atom is 0.168 e. The van der Waals surface area contributed by atoms with Gasteiger partial charge in [0, 0.05) is 11.5 Å². The number of hydrogen-bond acceptors (Lipinski definition) is 1. The number of halogens is 1. The number of benzene rings is 2. The molecule has 102 valence electrons. The van der Waals surface area contributed by atoms with E-state index in [1.54, 1.807) is 0 Å². The minimum Gasteiger partial charge on any atom is -0.294 e. The number of rotatable bonds is 2. The highest BCUT2D eigenvalue weighted by molar-refractivity contribution is 6.34. The van der Waals surface area contributed by atoms with Crippen LogP contribution in [0.5, 0.6) is 0 Å². The van der Waals surface area contributed by atoms with Gasteiger partial charge in [0.05, 0.1) is 5.02 Å². The molecule has 0 heterocycles. The Morgan fingerprint density at radius 1 is 1.05 bits per heavy atom. The van der Waals surface area contributed by atoms with Crippen LogP contribution in [0.15, 0.2) is 36.4 Å². The Morgan fingerprint density at radius 2 is 1.60 bits per heavy atom. The minimum atomic E-state index is 0.0343. The molecular weight excluding hydrogens is 268 g/mol. The predicted octanol–water partition coefficient (Wildman–Crippen LogP) is 4.55. The molecule has 3 rings (SSSR count). The second kappa shape index (κ2) is 5.06. The molecule has 2 aromatic rings. The van der Waals surface area contributed by atoms with E-state index in [4.69, 9.17) is 11.6 Å². The summed E-state index contributed by atoms with van der Waals surface area (Å²) in [5.41, 5.74) is 5.51. The van der Waals surface area contributed by atoms with E-state index in [0.29, 0.717) is 10.6 Å². The summed E-state index contributed by atoms with van der Waals surface area (Å²) in [5, 5.41) is 0.578. The van der Waals surface area contributed by atoms with Crippen molar-refractivity contribution in [3.63, 3.8) is 0 Å². The second-order valence-electron chi connectivity index (χ2n) is 5.65. The molecule has 1 aliphatic carbocycles. The smallest absolute Gasteiger partial charge is 0.168 e. The van der Waals surface area contributed by atoms with Crippen molar-refractivity contribution in [2.75, 3.05) is 0 Å². The van der Waals surface area contributed by atoms with Crippen molar-refractivity contribution < 1.29 is 4.79 Å². The highest BCUT2D eigenvalue weighted by atomic mass is 35.5. The normalized spacial score (nSPS) is 14.3. The lowest BCUT2D eigenvalue weighted by atomic mass is 9.93. The molecule has 0 saturated carbocycles. The first kappa shape index (κ1) is 13.4. The molecule has 2 heteroatoms. The number of carbonyl (C=O) groups excluding carboxylic acids is 1. The van der Waals surface area contributed by atoms with Crippen LogP contribution in [-0.4, -0.2) is 5.78 Å². The Hall–Kier alpha value is -1.60. The van der Waals surface area contributed by atoms with Gasteiger partial charge in [0.15, 0.2) is 5.78 Å². The molecule has 1 nitrogen and oxygen atoms in total. The van der Waals surface area contributed by atoms with Crippen LogP contribution in [0, 0.1) is 19.8 Å². The molecule has 20 heavy (non-hydrogen) atoms. The molecule has 0 N–H and O–H groups in total. The summed E-state index contributed by atoms with van der Waals surface area (Å²) >= 11 is 6.27. The van der Waals surface area contributed by atoms with Crippen LogP contribution in [-0.2, 0) is 12.8 Å². The quantitative estimate of drug-likeness (QED) is 0.739. The summed E-state index contributed by atoms with van der Waals surface area (Å²) in [6.07, 6.45) is 1.66. The standard InChI is InChI=1S/C18H17ClO/c1-11-7-16(17(19)8-12(11)2)18(20)15-9-13-5-3-4-6-14(13)10-15/h3-8,15H,9-10H2,1-2H3. The molecule has 1 aliphatic rings. The Bertz CT molecular complexity index is 663. The van der Waals surface area contributed by atoms with Crippen molar-refractivity contribution in [1.29, 1.82) is 0 Å². The number of carbonyl (C=O) groups is 1. The average Bonchev–Trinajstić information content (AvgIpc) is 2.86. The first-order chi connectivity index (χ1) is 9.56. The third kappa shape index (κ3) is 2.27. The molecule has 0 amide bonds. The van der Waals surface area contributed by atoms with Gasteiger partial charge in [0.25, 0.3) is 0 Å². The van der Waals surface area contributed by atoms with E-state index in [0.717, 1.165) is 24.0 Å². The fourth-order valence-corrected chi connectivity index (χ4v) is 3.25. The first-order valence-corrected chi connectivity index (χ1v) is 7.32. The van der Waals surface area contributed by atoms with Crippen LogP contribution in [0.25, 0.3) is 0 Å². The zero-order valence-corrected chi connectivity index (χ0v) is 12.5. The topological polar surface area (TPSA) is 17.1 Å². The van der Waals surface area contributed by atoms with E-state index in [9.17, 15) is 4.79 Å². The zero-order valence-electron chi connectivity index (χ0n) is 11.7. The van der Waals surface area contributed by atoms with Gasteiger partial charge in [-0.05, 0) is 61.1 Å². The van der Waals surface area contributed by atoms with E-state index in [1.165, 1.54) is 11.1 Å². The lowest BCUT2D eigenvalue weighted by Gasteiger charge is -2.12. The molecule has 0 aromatic heterocycles. The van der Waals surface area contributed by atoms with Crippen LogP contribution in [0.1, 0.15) is 32.6 Å². The molecule has 0 bridgehead atoms. The van der Waals surface area contributed by atoms with Crippen LogP contribution < -0.4 is 0 Å². The number of ketones is 1. The van der Waals surface area contributed by atoms with E-state index in [1.807, 2.05) is 38.1 Å². The molecular formula is C18H17ClO. The number of hydrogen-bond donors (Lipinski definition) is 0. The van der Waals surface area contributed by atoms with Gasteiger partial charge in [-0.3, -0.25) is 4.79 Å². The fraction of sp³-hybridized carbons (Fsp3) is 0.278. The van der Waals surface area contributed by atoms with Gasteiger partial charge in [-0.1, -0.05) is 35.9 Å². The summed E-state index contributed by atoms with van der Waals surface area (Å²) in [7, 11) is 0. The number of aryl methyl sites for hydroxylation is 2. The molecule has 0 aliphatic heterocycles. The molecule has 2 aromatic carbocycles. The van der Waals surface area contributed by atoms with Gasteiger partial charge in [0.1, 0.15) is 0 Å². The number of fused-ring (bicyclic) bond motifs is 1. The van der Waals surface area contributed by atoms with Crippen molar-refractivity contribution in [2.45, 2.75) is 26.7 Å². The monoisotopic (exact) mass is 284 g/mol. The van der Waals surface area contributed by atoms with Gasteiger partial charge in [-0.2, -0.15) is 0 Å². The van der Waals surface area contributed by atoms with Crippen molar-refractivity contribution in [3.8, 4) is 0 Å². The fourth-order valence-electron chi connectivity index (χ4n) is 2.93. The average molecular weight is 285 g/mol. The second-order valence-corrected chi connectivity index (χ2v) is 6.06. The van der Waals surface area contributed by atoms with Crippen molar-refractivity contribution >= 4 is 17.4 Å². The maximum absolute atomic E-state index is 12.7. The Balaban J connectivity index is 1.90. The third-order valence-corrected chi connectivity index (χ3v) is 4.58. The molecule has 0 radical (unpaired) electrons. The number of Topliss-reactive ketones (excluding diaryl/α,β-unsaturated/α-hetero) is 1. The van der Waals surface area contributed by atoms with Gasteiger partial charge in [-0.25, -0.2) is 0 Å². The minimum absolute atomic E-state index is 0.0343. The summed E-state index contributed by atoms with van der Waals surface area (Å²) < 4.78 is 0. The third-order valence-electron chi connectivity index (χ3n) is 4.27. The van der Waals surface area contributed by atoms with Gasteiger partial charge < -0.3 is 0 Å². The maximum atomic E-state index is 12.7. The molecule has 0 unspecified atom stereocenters. The van der Waals surface area contributed by atoms with Crippen molar-refractivity contribution in [1.82, 2.24) is 0 Å². The van der Waals surface area contributed by atoms with E-state index < -0.39 is 0 Å². The lowest BCUT2D eigenvalue weighted by Crippen LogP contribution is -2.15. The summed E-state index contributed by atoms with van der Waals surface area (Å²) in [4.78, 5) is 12.7. The van der Waals surface area contributed by atoms with Gasteiger partial charge >= 0.3 is 0 Å². The molecule has 0 atom stereocenters. The van der Waals surface area contributed by atoms with Gasteiger partial charge in [-0.15, -0.1) is 0 Å². The summed E-state index contributed by atoms with van der Waals surface area (Å²) in [6, 6.07) is 12.1. The molecule has 0 fully saturated rings. The van der Waals surface area contributed by atoms with Gasteiger partial charge in [0.2, 0.25) is 0 Å². The van der Waals surface area contributed by atoms with E-state index in [-0.39, 0.29) is 11.7 Å². The van der Waals surface area contributed by atoms with Crippen LogP contribution in [0.2, 0.25) is 5.02 Å². The van der Waals surface area contributed by atoms with E-state index in [2.05, 4.69) is 12.1 Å². The highest BCUT2D eigenvalue weighted by Gasteiger charge is 2.29. The lowest BCUT2D eigenvalue weighted by molar-refractivity contribution is 0.0925.